The fraction of sp³-hybridized carbons (Fsp3) is 0.0500. The van der Waals surface area contributed by atoms with Gasteiger partial charge in [-0.15, -0.1) is 0 Å². The molecule has 3 aromatic rings. The summed E-state index contributed by atoms with van der Waals surface area (Å²) in [5.41, 5.74) is 1.96. The second-order valence-corrected chi connectivity index (χ2v) is 5.13. The van der Waals surface area contributed by atoms with Gasteiger partial charge in [-0.25, -0.2) is 9.78 Å². The molecule has 0 N–H and O–H groups in total. The number of nitrogens with zero attached hydrogens (tertiary/aromatic N) is 2. The van der Waals surface area contributed by atoms with Gasteiger partial charge in [-0.05, 0) is 54.1 Å². The first kappa shape index (κ1) is 16.4. The van der Waals surface area contributed by atoms with Crippen LogP contribution in [0.25, 0.3) is 0 Å². The van der Waals surface area contributed by atoms with Gasteiger partial charge < -0.3 is 9.47 Å². The van der Waals surface area contributed by atoms with E-state index in [0.717, 1.165) is 17.0 Å². The monoisotopic (exact) mass is 332 g/mol. The summed E-state index contributed by atoms with van der Waals surface area (Å²) < 4.78 is 10.5. The average molecular weight is 332 g/mol. The minimum atomic E-state index is -0.488. The number of esters is 1. The zero-order chi connectivity index (χ0) is 17.5. The minimum Gasteiger partial charge on any atom is -0.497 e. The van der Waals surface area contributed by atoms with Gasteiger partial charge in [0.1, 0.15) is 17.2 Å². The van der Waals surface area contributed by atoms with Crippen LogP contribution in [0.1, 0.15) is 16.1 Å². The van der Waals surface area contributed by atoms with E-state index >= 15 is 0 Å². The Balaban J connectivity index is 1.65. The Morgan fingerprint density at radius 2 is 1.84 bits per heavy atom. The number of carbonyl (C=O) groups is 1. The van der Waals surface area contributed by atoms with Crippen LogP contribution in [0.2, 0.25) is 0 Å². The van der Waals surface area contributed by atoms with E-state index in [1.165, 1.54) is 0 Å². The van der Waals surface area contributed by atoms with Crippen molar-refractivity contribution in [2.75, 3.05) is 7.11 Å². The molecule has 0 unspecified atom stereocenters. The predicted molar refractivity (Wildman–Crippen MR) is 95.9 cm³/mol. The van der Waals surface area contributed by atoms with Crippen molar-refractivity contribution < 1.29 is 14.3 Å². The van der Waals surface area contributed by atoms with E-state index in [4.69, 9.17) is 9.47 Å². The highest BCUT2D eigenvalue weighted by molar-refractivity contribution is 5.89. The number of rotatable bonds is 5. The van der Waals surface area contributed by atoms with Gasteiger partial charge in [-0.3, -0.25) is 4.99 Å². The first-order valence-electron chi connectivity index (χ1n) is 7.66. The first-order valence-corrected chi connectivity index (χ1v) is 7.66. The molecule has 0 aliphatic heterocycles. The molecular weight excluding hydrogens is 316 g/mol. The molecule has 1 heterocycles. The summed E-state index contributed by atoms with van der Waals surface area (Å²) in [4.78, 5) is 20.3. The summed E-state index contributed by atoms with van der Waals surface area (Å²) in [6.45, 7) is 0. The summed E-state index contributed by atoms with van der Waals surface area (Å²) in [5.74, 6) is 0.721. The van der Waals surface area contributed by atoms with Crippen LogP contribution in [0.5, 0.6) is 11.5 Å². The number of carbonyl (C=O) groups excluding carboxylic acids is 1. The van der Waals surface area contributed by atoms with Crippen molar-refractivity contribution in [3.8, 4) is 11.5 Å². The molecule has 0 fully saturated rings. The second-order valence-electron chi connectivity index (χ2n) is 5.13. The Labute approximate surface area is 145 Å². The molecule has 0 bridgehead atoms. The molecule has 0 saturated heterocycles. The van der Waals surface area contributed by atoms with E-state index in [2.05, 4.69) is 9.98 Å². The lowest BCUT2D eigenvalue weighted by atomic mass is 10.2. The number of hydrogen-bond donors (Lipinski definition) is 0. The SMILES string of the molecule is COc1cccc(N=Cc2ccc(OC(=O)c3ccccn3)cc2)c1. The number of aromatic nitrogens is 1. The smallest absolute Gasteiger partial charge is 0.362 e. The van der Waals surface area contributed by atoms with E-state index in [-0.39, 0.29) is 5.69 Å². The number of benzene rings is 2. The molecule has 0 atom stereocenters. The third-order valence-electron chi connectivity index (χ3n) is 3.38. The van der Waals surface area contributed by atoms with Crippen LogP contribution in [0.15, 0.2) is 77.9 Å². The maximum absolute atomic E-state index is 11.9. The van der Waals surface area contributed by atoms with Crippen LogP contribution in [-0.2, 0) is 0 Å². The molecule has 0 aliphatic carbocycles. The van der Waals surface area contributed by atoms with Gasteiger partial charge in [0, 0.05) is 18.5 Å². The lowest BCUT2D eigenvalue weighted by Gasteiger charge is -2.04. The molecule has 124 valence electrons. The Morgan fingerprint density at radius 3 is 2.56 bits per heavy atom. The molecule has 0 amide bonds. The van der Waals surface area contributed by atoms with Crippen LogP contribution < -0.4 is 9.47 Å². The second kappa shape index (κ2) is 7.88. The predicted octanol–water partition coefficient (Wildman–Crippen LogP) is 4.06. The maximum atomic E-state index is 11.9. The summed E-state index contributed by atoms with van der Waals surface area (Å²) in [6, 6.07) is 19.7. The number of hydrogen-bond acceptors (Lipinski definition) is 5. The van der Waals surface area contributed by atoms with Gasteiger partial charge in [0.15, 0.2) is 0 Å². The Morgan fingerprint density at radius 1 is 1.00 bits per heavy atom. The molecule has 2 aromatic carbocycles. The van der Waals surface area contributed by atoms with Crippen molar-refractivity contribution in [2.45, 2.75) is 0 Å². The van der Waals surface area contributed by atoms with E-state index in [0.29, 0.717) is 5.75 Å². The fourth-order valence-electron chi connectivity index (χ4n) is 2.10. The molecule has 0 aliphatic rings. The Kier molecular flexibility index (Phi) is 5.16. The zero-order valence-electron chi connectivity index (χ0n) is 13.6. The molecule has 0 spiro atoms. The normalized spacial score (nSPS) is 10.6. The lowest BCUT2D eigenvalue weighted by Crippen LogP contribution is -2.10. The van der Waals surface area contributed by atoms with Gasteiger partial charge in [-0.1, -0.05) is 12.1 Å². The Bertz CT molecular complexity index is 875. The third kappa shape index (κ3) is 4.51. The average Bonchev–Trinajstić information content (AvgIpc) is 2.68. The van der Waals surface area contributed by atoms with E-state index in [9.17, 15) is 4.79 Å². The van der Waals surface area contributed by atoms with Crippen molar-refractivity contribution in [1.82, 2.24) is 4.98 Å². The summed E-state index contributed by atoms with van der Waals surface area (Å²) in [7, 11) is 1.62. The van der Waals surface area contributed by atoms with Crippen molar-refractivity contribution >= 4 is 17.9 Å². The van der Waals surface area contributed by atoms with Crippen molar-refractivity contribution in [1.29, 1.82) is 0 Å². The van der Waals surface area contributed by atoms with Gasteiger partial charge in [0.25, 0.3) is 0 Å². The first-order chi connectivity index (χ1) is 12.2. The molecule has 0 saturated carbocycles. The lowest BCUT2D eigenvalue weighted by molar-refractivity contribution is 0.0728. The van der Waals surface area contributed by atoms with Gasteiger partial charge in [0.2, 0.25) is 0 Å². The van der Waals surface area contributed by atoms with E-state index in [1.54, 1.807) is 49.9 Å². The van der Waals surface area contributed by atoms with E-state index in [1.807, 2.05) is 36.4 Å². The third-order valence-corrected chi connectivity index (χ3v) is 3.38. The Hall–Kier alpha value is -3.47. The number of pyridine rings is 1. The maximum Gasteiger partial charge on any atom is 0.362 e. The number of aliphatic imine (C=N–C) groups is 1. The number of methoxy groups -OCH3 is 1. The quantitative estimate of drug-likeness (QED) is 0.401. The molecule has 3 rings (SSSR count). The van der Waals surface area contributed by atoms with Crippen molar-refractivity contribution in [3.63, 3.8) is 0 Å². The van der Waals surface area contributed by atoms with Gasteiger partial charge in [0.05, 0.1) is 12.8 Å². The van der Waals surface area contributed by atoms with E-state index < -0.39 is 5.97 Å². The van der Waals surface area contributed by atoms with Crippen LogP contribution >= 0.6 is 0 Å². The molecular formula is C20H16N2O3. The van der Waals surface area contributed by atoms with Crippen molar-refractivity contribution in [3.05, 3.63) is 84.2 Å². The highest BCUT2D eigenvalue weighted by atomic mass is 16.5. The standard InChI is InChI=1S/C20H16N2O3/c1-24-18-6-4-5-16(13-18)22-14-15-8-10-17(11-9-15)25-20(23)19-7-2-3-12-21-19/h2-14H,1H3. The summed E-state index contributed by atoms with van der Waals surface area (Å²) in [6.07, 6.45) is 3.29. The molecule has 5 nitrogen and oxygen atoms in total. The minimum absolute atomic E-state index is 0.270. The van der Waals surface area contributed by atoms with Gasteiger partial charge >= 0.3 is 5.97 Å². The summed E-state index contributed by atoms with van der Waals surface area (Å²) in [5, 5.41) is 0. The van der Waals surface area contributed by atoms with Crippen LogP contribution in [0.4, 0.5) is 5.69 Å². The topological polar surface area (TPSA) is 60.8 Å². The van der Waals surface area contributed by atoms with Crippen LogP contribution in [-0.4, -0.2) is 24.3 Å². The molecule has 0 radical (unpaired) electrons. The van der Waals surface area contributed by atoms with Gasteiger partial charge in [-0.2, -0.15) is 0 Å². The highest BCUT2D eigenvalue weighted by Crippen LogP contribution is 2.19. The van der Waals surface area contributed by atoms with Crippen LogP contribution in [0.3, 0.4) is 0 Å². The number of ether oxygens (including phenoxy) is 2. The van der Waals surface area contributed by atoms with Crippen LogP contribution in [0, 0.1) is 0 Å². The fourth-order valence-corrected chi connectivity index (χ4v) is 2.10. The molecule has 5 heteroatoms. The largest absolute Gasteiger partial charge is 0.497 e. The summed E-state index contributed by atoms with van der Waals surface area (Å²) >= 11 is 0. The zero-order valence-corrected chi connectivity index (χ0v) is 13.6. The molecule has 25 heavy (non-hydrogen) atoms. The van der Waals surface area contributed by atoms with Crippen molar-refractivity contribution in [2.24, 2.45) is 4.99 Å². The highest BCUT2D eigenvalue weighted by Gasteiger charge is 2.08. The molecule has 1 aromatic heterocycles.